The summed E-state index contributed by atoms with van der Waals surface area (Å²) in [5.41, 5.74) is 0.0771. The number of sulfonamides is 1. The predicted octanol–water partition coefficient (Wildman–Crippen LogP) is 2.54. The molecule has 0 saturated heterocycles. The molecule has 0 fully saturated rings. The zero-order valence-corrected chi connectivity index (χ0v) is 16.5. The normalized spacial score (nSPS) is 16.8. The van der Waals surface area contributed by atoms with Gasteiger partial charge in [0, 0.05) is 11.7 Å². The van der Waals surface area contributed by atoms with E-state index in [4.69, 9.17) is 5.14 Å². The number of nitrogens with one attached hydrogen (secondary N) is 1. The fourth-order valence-corrected chi connectivity index (χ4v) is 4.25. The number of hydrogen-bond acceptors (Lipinski definition) is 5. The van der Waals surface area contributed by atoms with Gasteiger partial charge in [0.1, 0.15) is 5.82 Å². The maximum atomic E-state index is 13.0. The van der Waals surface area contributed by atoms with Crippen LogP contribution in [-0.2, 0) is 29.2 Å². The van der Waals surface area contributed by atoms with E-state index in [9.17, 15) is 26.4 Å². The number of nitrogens with zero attached hydrogens (tertiary/aromatic N) is 2. The number of nitrogens with two attached hydrogens (primary N) is 1. The third-order valence-corrected chi connectivity index (χ3v) is 6.05. The molecule has 0 amide bonds. The number of hydrogen-bond donors (Lipinski definition) is 2. The number of rotatable bonds is 3. The third kappa shape index (κ3) is 3.65. The molecule has 0 saturated carbocycles. The van der Waals surface area contributed by atoms with E-state index in [2.05, 4.69) is 9.97 Å². The highest BCUT2D eigenvalue weighted by molar-refractivity contribution is 7.89. The number of H-pyrrole nitrogens is 1. The summed E-state index contributed by atoms with van der Waals surface area (Å²) in [4.78, 5) is 21.1. The van der Waals surface area contributed by atoms with Gasteiger partial charge in [0.05, 0.1) is 27.9 Å². The lowest BCUT2D eigenvalue weighted by molar-refractivity contribution is -0.137. The van der Waals surface area contributed by atoms with Gasteiger partial charge in [0.25, 0.3) is 5.56 Å². The van der Waals surface area contributed by atoms with E-state index in [-0.39, 0.29) is 34.2 Å². The van der Waals surface area contributed by atoms with E-state index in [1.807, 2.05) is 11.8 Å². The number of aromatic amines is 1. The minimum atomic E-state index is -4.54. The number of primary sulfonamides is 1. The second-order valence-corrected chi connectivity index (χ2v) is 8.82. The fraction of sp³-hybridized carbons (Fsp3) is 0.263. The minimum absolute atomic E-state index is 0.00668. The van der Waals surface area contributed by atoms with Crippen molar-refractivity contribution < 1.29 is 21.6 Å². The Kier molecular flexibility index (Phi) is 4.62. The van der Waals surface area contributed by atoms with Gasteiger partial charge in [0.2, 0.25) is 10.0 Å². The van der Waals surface area contributed by atoms with Gasteiger partial charge in [-0.2, -0.15) is 13.2 Å². The number of halogens is 3. The molecule has 3 aromatic rings. The monoisotopic (exact) mass is 438 g/mol. The van der Waals surface area contributed by atoms with Crippen molar-refractivity contribution in [3.63, 3.8) is 0 Å². The molecule has 158 valence electrons. The maximum absolute atomic E-state index is 13.0. The van der Waals surface area contributed by atoms with Crippen molar-refractivity contribution in [3.8, 4) is 0 Å². The Morgan fingerprint density at radius 2 is 1.97 bits per heavy atom. The van der Waals surface area contributed by atoms with E-state index >= 15 is 0 Å². The zero-order chi connectivity index (χ0) is 21.8. The lowest BCUT2D eigenvalue weighted by Gasteiger charge is -2.24. The Bertz CT molecular complexity index is 1320. The third-order valence-electron chi connectivity index (χ3n) is 5.14. The van der Waals surface area contributed by atoms with Gasteiger partial charge in [-0.3, -0.25) is 4.79 Å². The first kappa shape index (κ1) is 20.4. The lowest BCUT2D eigenvalue weighted by atomic mass is 10.1. The van der Waals surface area contributed by atoms with E-state index in [1.165, 1.54) is 12.1 Å². The molecule has 11 heteroatoms. The van der Waals surface area contributed by atoms with Crippen LogP contribution in [0.2, 0.25) is 0 Å². The number of alkyl halides is 3. The predicted molar refractivity (Wildman–Crippen MR) is 105 cm³/mol. The number of benzene rings is 2. The van der Waals surface area contributed by atoms with Gasteiger partial charge in [0.15, 0.2) is 0 Å². The second-order valence-electron chi connectivity index (χ2n) is 7.26. The van der Waals surface area contributed by atoms with Crippen molar-refractivity contribution in [2.24, 2.45) is 5.14 Å². The molecule has 7 nitrogen and oxygen atoms in total. The largest absolute Gasteiger partial charge is 0.416 e. The first-order valence-corrected chi connectivity index (χ1v) is 10.5. The van der Waals surface area contributed by atoms with Crippen LogP contribution in [0.25, 0.3) is 10.9 Å². The molecule has 3 N–H and O–H groups in total. The van der Waals surface area contributed by atoms with Gasteiger partial charge in [-0.1, -0.05) is 0 Å². The number of fused-ring (bicyclic) bond motifs is 2. The molecule has 30 heavy (non-hydrogen) atoms. The molecule has 1 atom stereocenters. The van der Waals surface area contributed by atoms with E-state index in [0.29, 0.717) is 6.42 Å². The average molecular weight is 438 g/mol. The second kappa shape index (κ2) is 6.81. The highest BCUT2D eigenvalue weighted by Gasteiger charge is 2.31. The van der Waals surface area contributed by atoms with Gasteiger partial charge < -0.3 is 9.88 Å². The van der Waals surface area contributed by atoms with Gasteiger partial charge in [-0.05, 0) is 55.3 Å². The Balaban J connectivity index is 1.72. The first-order valence-electron chi connectivity index (χ1n) is 8.96. The molecule has 0 unspecified atom stereocenters. The summed E-state index contributed by atoms with van der Waals surface area (Å²) in [5, 5.41) is 5.25. The molecule has 0 spiro atoms. The van der Waals surface area contributed by atoms with Crippen molar-refractivity contribution in [2.75, 3.05) is 4.90 Å². The smallest absolute Gasteiger partial charge is 0.361 e. The van der Waals surface area contributed by atoms with Crippen molar-refractivity contribution >= 4 is 26.6 Å². The molecule has 4 rings (SSSR count). The zero-order valence-electron chi connectivity index (χ0n) is 15.7. The van der Waals surface area contributed by atoms with Crippen LogP contribution in [-0.4, -0.2) is 24.4 Å². The Labute approximate surface area is 169 Å². The van der Waals surface area contributed by atoms with E-state index < -0.39 is 27.3 Å². The molecule has 2 aromatic carbocycles. The van der Waals surface area contributed by atoms with E-state index in [1.54, 1.807) is 6.07 Å². The molecule has 1 aromatic heterocycles. The van der Waals surface area contributed by atoms with Crippen LogP contribution in [0.1, 0.15) is 23.9 Å². The number of anilines is 1. The van der Waals surface area contributed by atoms with Gasteiger partial charge >= 0.3 is 6.18 Å². The Morgan fingerprint density at radius 1 is 1.23 bits per heavy atom. The molecule has 0 aliphatic carbocycles. The van der Waals surface area contributed by atoms with Gasteiger partial charge in [-0.25, -0.2) is 18.5 Å². The summed E-state index contributed by atoms with van der Waals surface area (Å²) in [7, 11) is -3.83. The summed E-state index contributed by atoms with van der Waals surface area (Å²) in [5.74, 6) is 0.210. The summed E-state index contributed by atoms with van der Waals surface area (Å²) in [6, 6.07) is 7.29. The molecule has 2 heterocycles. The van der Waals surface area contributed by atoms with Crippen LogP contribution in [0.3, 0.4) is 0 Å². The molecule has 1 aliphatic heterocycles. The minimum Gasteiger partial charge on any atom is -0.361 e. The van der Waals surface area contributed by atoms with Crippen molar-refractivity contribution in [3.05, 3.63) is 63.7 Å². The summed E-state index contributed by atoms with van der Waals surface area (Å²) in [6.45, 7) is 2.06. The Hall–Kier alpha value is -2.92. The highest BCUT2D eigenvalue weighted by atomic mass is 32.2. The first-order chi connectivity index (χ1) is 13.9. The topological polar surface area (TPSA) is 109 Å². The van der Waals surface area contributed by atoms with Gasteiger partial charge in [-0.15, -0.1) is 0 Å². The highest BCUT2D eigenvalue weighted by Crippen LogP contribution is 2.35. The van der Waals surface area contributed by atoms with E-state index in [0.717, 1.165) is 29.4 Å². The van der Waals surface area contributed by atoms with Crippen LogP contribution < -0.4 is 15.6 Å². The van der Waals surface area contributed by atoms with Crippen molar-refractivity contribution in [1.82, 2.24) is 9.97 Å². The standard InChI is InChI=1S/C19H17F3N4O3S/c1-10-6-11-7-13(30(23,28)29)3-5-16(11)26(10)9-17-24-15-8-12(19(20,21)22)2-4-14(15)18(27)25-17/h2-5,7-8,10H,6,9H2,1H3,(H2,23,28,29)(H,24,25,27)/t10-/m1/s1. The van der Waals surface area contributed by atoms with Crippen LogP contribution in [0.5, 0.6) is 0 Å². The molecular formula is C19H17F3N4O3S. The van der Waals surface area contributed by atoms with Crippen LogP contribution >= 0.6 is 0 Å². The van der Waals surface area contributed by atoms with Crippen LogP contribution in [0, 0.1) is 0 Å². The maximum Gasteiger partial charge on any atom is 0.416 e. The molecular weight excluding hydrogens is 421 g/mol. The molecule has 0 radical (unpaired) electrons. The summed E-state index contributed by atoms with van der Waals surface area (Å²) in [6.07, 6.45) is -3.99. The Morgan fingerprint density at radius 3 is 2.63 bits per heavy atom. The SMILES string of the molecule is C[C@@H]1Cc2cc(S(N)(=O)=O)ccc2N1Cc1nc2cc(C(F)(F)F)ccc2c(=O)[nH]1. The summed E-state index contributed by atoms with van der Waals surface area (Å²) >= 11 is 0. The van der Waals surface area contributed by atoms with Crippen LogP contribution in [0.4, 0.5) is 18.9 Å². The number of aromatic nitrogens is 2. The quantitative estimate of drug-likeness (QED) is 0.653. The average Bonchev–Trinajstić information content (AvgIpc) is 2.94. The molecule has 1 aliphatic rings. The molecule has 0 bridgehead atoms. The van der Waals surface area contributed by atoms with Crippen LogP contribution in [0.15, 0.2) is 46.1 Å². The fourth-order valence-electron chi connectivity index (χ4n) is 3.69. The lowest BCUT2D eigenvalue weighted by Crippen LogP contribution is -2.30. The summed E-state index contributed by atoms with van der Waals surface area (Å²) < 4.78 is 62.2. The van der Waals surface area contributed by atoms with Crippen molar-refractivity contribution in [1.29, 1.82) is 0 Å². The van der Waals surface area contributed by atoms with Crippen molar-refractivity contribution in [2.45, 2.75) is 37.0 Å².